The molecule has 3 unspecified atom stereocenters. The summed E-state index contributed by atoms with van der Waals surface area (Å²) in [7, 11) is 0. The van der Waals surface area contributed by atoms with Gasteiger partial charge >= 0.3 is 5.97 Å². The zero-order valence-electron chi connectivity index (χ0n) is 17.5. The van der Waals surface area contributed by atoms with Crippen LogP contribution in [0.4, 0.5) is 5.95 Å². The molecule has 0 saturated carbocycles. The minimum atomic E-state index is -1.27. The molecule has 0 bridgehead atoms. The molecule has 15 heteroatoms. The van der Waals surface area contributed by atoms with Crippen molar-refractivity contribution in [1.82, 2.24) is 24.8 Å². The zero-order chi connectivity index (χ0) is 24.1. The second-order valence-electron chi connectivity index (χ2n) is 7.60. The van der Waals surface area contributed by atoms with Gasteiger partial charge in [-0.25, -0.2) is 9.97 Å². The number of nitrogens with two attached hydrogens (primary N) is 1. The molecule has 1 amide bonds. The van der Waals surface area contributed by atoms with Gasteiger partial charge in [0, 0.05) is 13.1 Å². The van der Waals surface area contributed by atoms with Crippen molar-refractivity contribution in [3.8, 4) is 0 Å². The summed E-state index contributed by atoms with van der Waals surface area (Å²) in [5, 5.41) is 43.9. The molecule has 1 fully saturated rings. The van der Waals surface area contributed by atoms with Gasteiger partial charge in [-0.1, -0.05) is 12.2 Å². The molecule has 2 aromatic rings. The zero-order valence-corrected chi connectivity index (χ0v) is 18.4. The first-order chi connectivity index (χ1) is 15.7. The van der Waals surface area contributed by atoms with Gasteiger partial charge in [-0.2, -0.15) is 0 Å². The fourth-order valence-corrected chi connectivity index (χ4v) is 3.64. The molecule has 14 nitrogen and oxygen atoms in total. The van der Waals surface area contributed by atoms with Crippen LogP contribution in [0.2, 0.25) is 0 Å². The molecular formula is C18H27N7O7S. The van der Waals surface area contributed by atoms with Crippen molar-refractivity contribution in [2.75, 3.05) is 25.0 Å². The lowest BCUT2D eigenvalue weighted by Gasteiger charge is -2.17. The largest absolute Gasteiger partial charge is 0.481 e. The van der Waals surface area contributed by atoms with Gasteiger partial charge in [-0.15, -0.1) is 0 Å². The second-order valence-corrected chi connectivity index (χ2v) is 7.98. The number of rotatable bonds is 11. The number of carbonyl (C=O) groups excluding carboxylic acids is 1. The maximum atomic E-state index is 11.7. The van der Waals surface area contributed by atoms with Crippen molar-refractivity contribution < 1.29 is 34.8 Å². The number of aliphatic hydroxyl groups is 3. The van der Waals surface area contributed by atoms with E-state index in [0.29, 0.717) is 43.0 Å². The summed E-state index contributed by atoms with van der Waals surface area (Å²) in [4.78, 5) is 33.7. The SMILES string of the molecule is NC(CC(=O)O)C(=O)NCCCCNc1nc(=S)c2ncn([C@@H]3O[C@H](CO)C(O)C3O)c2[nH]1. The number of ether oxygens (including phenoxy) is 1. The number of hydrogen-bond donors (Lipinski definition) is 8. The van der Waals surface area contributed by atoms with Crippen LogP contribution in [-0.4, -0.2) is 95.9 Å². The van der Waals surface area contributed by atoms with E-state index in [0.717, 1.165) is 0 Å². The average molecular weight is 486 g/mol. The molecule has 3 heterocycles. The number of carboxylic acids is 1. The van der Waals surface area contributed by atoms with E-state index in [-0.39, 0.29) is 4.64 Å². The Bertz CT molecular complexity index is 1040. The van der Waals surface area contributed by atoms with Gasteiger partial charge in [0.1, 0.15) is 29.5 Å². The van der Waals surface area contributed by atoms with E-state index >= 15 is 0 Å². The van der Waals surface area contributed by atoms with Crippen LogP contribution in [0.25, 0.3) is 11.2 Å². The number of H-pyrrole nitrogens is 1. The van der Waals surface area contributed by atoms with Gasteiger partial charge in [-0.3, -0.25) is 14.2 Å². The van der Waals surface area contributed by atoms with Crippen molar-refractivity contribution in [3.63, 3.8) is 0 Å². The lowest BCUT2D eigenvalue weighted by atomic mass is 10.1. The lowest BCUT2D eigenvalue weighted by molar-refractivity contribution is -0.139. The molecule has 0 spiro atoms. The number of aromatic nitrogens is 4. The number of aliphatic carboxylic acids is 1. The molecule has 1 aliphatic rings. The Balaban J connectivity index is 1.56. The van der Waals surface area contributed by atoms with Crippen LogP contribution in [0.1, 0.15) is 25.5 Å². The first-order valence-electron chi connectivity index (χ1n) is 10.3. The van der Waals surface area contributed by atoms with Crippen molar-refractivity contribution in [2.45, 2.75) is 49.8 Å². The number of carbonyl (C=O) groups is 2. The van der Waals surface area contributed by atoms with Gasteiger partial charge in [0.2, 0.25) is 11.9 Å². The summed E-state index contributed by atoms with van der Waals surface area (Å²) in [5.41, 5.74) is 6.30. The number of amides is 1. The number of nitrogens with zero attached hydrogens (tertiary/aromatic N) is 3. The number of imidazole rings is 1. The quantitative estimate of drug-likeness (QED) is 0.131. The van der Waals surface area contributed by atoms with Gasteiger partial charge < -0.3 is 46.5 Å². The highest BCUT2D eigenvalue weighted by atomic mass is 32.1. The predicted octanol–water partition coefficient (Wildman–Crippen LogP) is -1.79. The molecule has 3 rings (SSSR count). The summed E-state index contributed by atoms with van der Waals surface area (Å²) < 4.78 is 7.25. The molecule has 0 aromatic carbocycles. The Morgan fingerprint density at radius 2 is 2.03 bits per heavy atom. The van der Waals surface area contributed by atoms with Crippen molar-refractivity contribution >= 4 is 41.2 Å². The number of unbranched alkanes of at least 4 members (excludes halogenated alkanes) is 1. The van der Waals surface area contributed by atoms with E-state index in [1.165, 1.54) is 10.9 Å². The second kappa shape index (κ2) is 11.0. The molecule has 33 heavy (non-hydrogen) atoms. The molecule has 1 saturated heterocycles. The maximum absolute atomic E-state index is 11.7. The van der Waals surface area contributed by atoms with Crippen LogP contribution in [0.5, 0.6) is 0 Å². The third kappa shape index (κ3) is 5.82. The Kier molecular flexibility index (Phi) is 8.28. The van der Waals surface area contributed by atoms with E-state index in [2.05, 4.69) is 25.6 Å². The van der Waals surface area contributed by atoms with Crippen molar-refractivity contribution in [2.24, 2.45) is 5.73 Å². The van der Waals surface area contributed by atoms with Crippen LogP contribution < -0.4 is 16.4 Å². The number of aliphatic hydroxyl groups excluding tert-OH is 3. The number of anilines is 1. The van der Waals surface area contributed by atoms with Gasteiger partial charge in [-0.05, 0) is 12.8 Å². The first kappa shape index (κ1) is 24.9. The van der Waals surface area contributed by atoms with Crippen LogP contribution in [0.3, 0.4) is 0 Å². The van der Waals surface area contributed by atoms with Gasteiger partial charge in [0.05, 0.1) is 25.4 Å². The Morgan fingerprint density at radius 3 is 2.70 bits per heavy atom. The Labute approximate surface area is 192 Å². The summed E-state index contributed by atoms with van der Waals surface area (Å²) >= 11 is 5.29. The summed E-state index contributed by atoms with van der Waals surface area (Å²) in [6, 6.07) is -1.09. The topological polar surface area (TPSA) is 221 Å². The predicted molar refractivity (Wildman–Crippen MR) is 117 cm³/mol. The molecule has 2 aromatic heterocycles. The normalized spacial score (nSPS) is 23.5. The monoisotopic (exact) mass is 485 g/mol. The van der Waals surface area contributed by atoms with E-state index in [9.17, 15) is 24.9 Å². The molecule has 0 radical (unpaired) electrons. The van der Waals surface area contributed by atoms with Crippen LogP contribution >= 0.6 is 12.2 Å². The standard InChI is InChI=1S/C18H27N7O7S/c19-8(5-10(27)28)15(31)20-3-1-2-4-21-18-23-14-11(16(33)24-18)22-7-25(14)17-13(30)12(29)9(6-26)32-17/h7-9,12-13,17,26,29-30H,1-6,19H2,(H,20,31)(H,27,28)(H2,21,23,24,33)/t8?,9-,12?,13?,17-/m1/s1. The number of carboxylic acid groups (broad SMARTS) is 1. The third-order valence-corrected chi connectivity index (χ3v) is 5.45. The highest BCUT2D eigenvalue weighted by Gasteiger charge is 2.43. The molecule has 9 N–H and O–H groups in total. The van der Waals surface area contributed by atoms with Crippen molar-refractivity contribution in [1.29, 1.82) is 0 Å². The average Bonchev–Trinajstić information content (AvgIpc) is 3.31. The van der Waals surface area contributed by atoms with Crippen molar-refractivity contribution in [3.05, 3.63) is 11.0 Å². The van der Waals surface area contributed by atoms with E-state index < -0.39 is 55.5 Å². The molecular weight excluding hydrogens is 458 g/mol. The first-order valence-corrected chi connectivity index (χ1v) is 10.7. The highest BCUT2D eigenvalue weighted by molar-refractivity contribution is 7.71. The number of aromatic amines is 1. The fourth-order valence-electron chi connectivity index (χ4n) is 3.40. The fraction of sp³-hybridized carbons (Fsp3) is 0.611. The third-order valence-electron chi connectivity index (χ3n) is 5.16. The van der Waals surface area contributed by atoms with E-state index in [1.807, 2.05) is 0 Å². The minimum absolute atomic E-state index is 0.219. The number of nitrogens with one attached hydrogen (secondary N) is 3. The van der Waals surface area contributed by atoms with E-state index in [1.54, 1.807) is 0 Å². The lowest BCUT2D eigenvalue weighted by Crippen LogP contribution is -2.42. The maximum Gasteiger partial charge on any atom is 0.305 e. The molecule has 182 valence electrons. The van der Waals surface area contributed by atoms with Gasteiger partial charge in [0.25, 0.3) is 0 Å². The van der Waals surface area contributed by atoms with E-state index in [4.69, 9.17) is 27.8 Å². The Morgan fingerprint density at radius 1 is 1.30 bits per heavy atom. The van der Waals surface area contributed by atoms with Crippen LogP contribution in [0, 0.1) is 4.64 Å². The summed E-state index contributed by atoms with van der Waals surface area (Å²) in [5.74, 6) is -1.29. The minimum Gasteiger partial charge on any atom is -0.481 e. The molecule has 1 aliphatic heterocycles. The molecule has 5 atom stereocenters. The molecule has 0 aliphatic carbocycles. The van der Waals surface area contributed by atoms with Crippen LogP contribution in [0.15, 0.2) is 6.33 Å². The van der Waals surface area contributed by atoms with Crippen LogP contribution in [-0.2, 0) is 14.3 Å². The Hall–Kier alpha value is -2.69. The summed E-state index contributed by atoms with van der Waals surface area (Å²) in [6.45, 7) is 0.384. The smallest absolute Gasteiger partial charge is 0.305 e. The van der Waals surface area contributed by atoms with Gasteiger partial charge in [0.15, 0.2) is 10.9 Å². The number of fused-ring (bicyclic) bond motifs is 1. The highest BCUT2D eigenvalue weighted by Crippen LogP contribution is 2.31. The summed E-state index contributed by atoms with van der Waals surface area (Å²) in [6.07, 6.45) is -2.18. The number of hydrogen-bond acceptors (Lipinski definition) is 11.